The highest BCUT2D eigenvalue weighted by atomic mass is 79.9. The first kappa shape index (κ1) is 28.7. The summed E-state index contributed by atoms with van der Waals surface area (Å²) in [7, 11) is 0. The number of carbonyl (C=O) groups excluding carboxylic acids is 1. The number of rotatable bonds is 6. The molecular weight excluding hydrogens is 512 g/mol. The van der Waals surface area contributed by atoms with Crippen molar-refractivity contribution >= 4 is 21.9 Å². The maximum absolute atomic E-state index is 11.8. The minimum atomic E-state index is -0.672. The molecule has 1 N–H and O–H groups in total. The van der Waals surface area contributed by atoms with Crippen LogP contribution in [0.5, 0.6) is 0 Å². The van der Waals surface area contributed by atoms with E-state index in [1.54, 1.807) is 12.5 Å². The van der Waals surface area contributed by atoms with Crippen LogP contribution in [0, 0.1) is 39.4 Å². The zero-order chi connectivity index (χ0) is 26.9. The molecule has 8 atom stereocenters. The van der Waals surface area contributed by atoms with Crippen molar-refractivity contribution in [1.82, 2.24) is 0 Å². The van der Waals surface area contributed by atoms with Gasteiger partial charge in [-0.05, 0) is 112 Å². The van der Waals surface area contributed by atoms with E-state index in [4.69, 9.17) is 4.74 Å². The molecule has 0 spiro atoms. The van der Waals surface area contributed by atoms with E-state index < -0.39 is 5.60 Å². The third-order valence-corrected chi connectivity index (χ3v) is 14.0. The highest BCUT2D eigenvalue weighted by Crippen LogP contribution is 2.72. The molecule has 4 aliphatic carbocycles. The van der Waals surface area contributed by atoms with Crippen LogP contribution >= 0.6 is 15.9 Å². The van der Waals surface area contributed by atoms with Gasteiger partial charge >= 0.3 is 5.97 Å². The first-order chi connectivity index (χ1) is 16.5. The molecular formula is C32H53BrO3. The second-order valence-electron chi connectivity index (χ2n) is 15.0. The number of hydrogen-bond acceptors (Lipinski definition) is 3. The van der Waals surface area contributed by atoms with Crippen LogP contribution in [-0.2, 0) is 9.53 Å². The highest BCUT2D eigenvalue weighted by Gasteiger charge is 2.63. The van der Waals surface area contributed by atoms with Crippen molar-refractivity contribution in [3.8, 4) is 0 Å². The van der Waals surface area contributed by atoms with E-state index in [1.165, 1.54) is 44.9 Å². The minimum Gasteiger partial charge on any atom is -0.462 e. The van der Waals surface area contributed by atoms with Crippen LogP contribution in [0.4, 0.5) is 0 Å². The van der Waals surface area contributed by atoms with E-state index in [2.05, 4.69) is 57.5 Å². The summed E-state index contributed by atoms with van der Waals surface area (Å²) in [6.45, 7) is 20.4. The molecule has 0 amide bonds. The Labute approximate surface area is 229 Å². The molecule has 4 heteroatoms. The van der Waals surface area contributed by atoms with Gasteiger partial charge in [0.15, 0.2) is 0 Å². The Bertz CT molecular complexity index is 900. The van der Waals surface area contributed by atoms with E-state index in [9.17, 15) is 9.90 Å². The number of carbonyl (C=O) groups is 1. The fourth-order valence-electron chi connectivity index (χ4n) is 9.99. The third kappa shape index (κ3) is 4.37. The van der Waals surface area contributed by atoms with Gasteiger partial charge in [-0.15, -0.1) is 0 Å². The highest BCUT2D eigenvalue weighted by molar-refractivity contribution is 9.09. The van der Waals surface area contributed by atoms with E-state index in [0.717, 1.165) is 25.2 Å². The molecule has 0 unspecified atom stereocenters. The molecule has 4 aliphatic rings. The van der Waals surface area contributed by atoms with Gasteiger partial charge in [0.05, 0.1) is 5.60 Å². The quantitative estimate of drug-likeness (QED) is 0.199. The van der Waals surface area contributed by atoms with Crippen molar-refractivity contribution in [2.24, 2.45) is 39.4 Å². The standard InChI is InChI=1S/C32H53BrO3/c1-20(10-13-26(33)29(5,6)35)22-14-18-32(9)24-11-12-25-28(3,4)27(36-21(2)34)16-17-30(25,7)23(24)15-19-31(22,32)8/h20,22,25-27,35H,10-19H2,1-9H3/t20-,22-,25+,26+,27+,30-,31-,32+/m1/s1. The van der Waals surface area contributed by atoms with E-state index in [1.807, 2.05) is 19.4 Å². The van der Waals surface area contributed by atoms with Gasteiger partial charge in [-0.3, -0.25) is 4.79 Å². The predicted molar refractivity (Wildman–Crippen MR) is 152 cm³/mol. The SMILES string of the molecule is CC(=O)O[C@H]1CC[C@]2(C)C3=C(CC[C@H]2C1(C)C)[C@]1(C)CC[C@H]([C@H](C)CC[C@H](Br)C(C)(C)O)[C@@]1(C)CC3. The molecule has 0 aromatic heterocycles. The number of fused-ring (bicyclic) bond motifs is 4. The molecule has 0 bridgehead atoms. The topological polar surface area (TPSA) is 46.5 Å². The van der Waals surface area contributed by atoms with E-state index in [-0.39, 0.29) is 27.7 Å². The number of alkyl halides is 1. The molecule has 0 radical (unpaired) electrons. The summed E-state index contributed by atoms with van der Waals surface area (Å²) in [5.74, 6) is 1.86. The summed E-state index contributed by atoms with van der Waals surface area (Å²) < 4.78 is 5.87. The monoisotopic (exact) mass is 564 g/mol. The zero-order valence-corrected chi connectivity index (χ0v) is 26.2. The van der Waals surface area contributed by atoms with Crippen molar-refractivity contribution < 1.29 is 14.6 Å². The molecule has 2 fully saturated rings. The van der Waals surface area contributed by atoms with Crippen molar-refractivity contribution in [1.29, 1.82) is 0 Å². The van der Waals surface area contributed by atoms with Crippen molar-refractivity contribution in [3.63, 3.8) is 0 Å². The van der Waals surface area contributed by atoms with Gasteiger partial charge in [0.25, 0.3) is 0 Å². The summed E-state index contributed by atoms with van der Waals surface area (Å²) in [6, 6.07) is 0. The Morgan fingerprint density at radius 1 is 1.03 bits per heavy atom. The van der Waals surface area contributed by atoms with Crippen LogP contribution in [-0.4, -0.2) is 27.6 Å². The lowest BCUT2D eigenvalue weighted by atomic mass is 9.43. The smallest absolute Gasteiger partial charge is 0.302 e. The van der Waals surface area contributed by atoms with Crippen LogP contribution < -0.4 is 0 Å². The third-order valence-electron chi connectivity index (χ3n) is 12.4. The normalized spacial score (nSPS) is 41.7. The van der Waals surface area contributed by atoms with Crippen LogP contribution in [0.25, 0.3) is 0 Å². The van der Waals surface area contributed by atoms with Gasteiger partial charge in [0.2, 0.25) is 0 Å². The van der Waals surface area contributed by atoms with Crippen LogP contribution in [0.15, 0.2) is 11.1 Å². The predicted octanol–water partition coefficient (Wildman–Crippen LogP) is 8.62. The fraction of sp³-hybridized carbons (Fsp3) is 0.906. The van der Waals surface area contributed by atoms with E-state index >= 15 is 0 Å². The molecule has 36 heavy (non-hydrogen) atoms. The number of esters is 1. The molecule has 0 aromatic carbocycles. The number of allylic oxidation sites excluding steroid dienone is 2. The molecule has 0 saturated heterocycles. The largest absolute Gasteiger partial charge is 0.462 e. The van der Waals surface area contributed by atoms with Crippen molar-refractivity contribution in [2.75, 3.05) is 0 Å². The lowest BCUT2D eigenvalue weighted by Crippen LogP contribution is -2.55. The zero-order valence-electron chi connectivity index (χ0n) is 24.6. The minimum absolute atomic E-state index is 0.0122. The number of ether oxygens (including phenoxy) is 1. The average Bonchev–Trinajstić information content (AvgIpc) is 3.04. The van der Waals surface area contributed by atoms with Gasteiger partial charge in [-0.1, -0.05) is 68.6 Å². The molecule has 0 heterocycles. The first-order valence-corrected chi connectivity index (χ1v) is 15.7. The summed E-state index contributed by atoms with van der Waals surface area (Å²) >= 11 is 3.75. The molecule has 4 rings (SSSR count). The Morgan fingerprint density at radius 3 is 2.31 bits per heavy atom. The maximum Gasteiger partial charge on any atom is 0.302 e. The van der Waals surface area contributed by atoms with Crippen LogP contribution in [0.3, 0.4) is 0 Å². The van der Waals surface area contributed by atoms with Gasteiger partial charge < -0.3 is 9.84 Å². The van der Waals surface area contributed by atoms with Gasteiger partial charge in [0, 0.05) is 17.2 Å². The first-order valence-electron chi connectivity index (χ1n) is 14.7. The maximum atomic E-state index is 11.8. The molecule has 0 aliphatic heterocycles. The summed E-state index contributed by atoms with van der Waals surface area (Å²) in [6.07, 6.45) is 12.0. The Hall–Kier alpha value is -0.350. The van der Waals surface area contributed by atoms with E-state index in [0.29, 0.717) is 22.7 Å². The Kier molecular flexibility index (Phi) is 7.47. The molecule has 3 nitrogen and oxygen atoms in total. The number of halogens is 1. The fourth-order valence-corrected chi connectivity index (χ4v) is 10.3. The van der Waals surface area contributed by atoms with Gasteiger partial charge in [0.1, 0.15) is 6.10 Å². The summed E-state index contributed by atoms with van der Waals surface area (Å²) in [4.78, 5) is 12.0. The van der Waals surface area contributed by atoms with Crippen molar-refractivity contribution in [3.05, 3.63) is 11.1 Å². The molecule has 0 aromatic rings. The Morgan fingerprint density at radius 2 is 1.69 bits per heavy atom. The van der Waals surface area contributed by atoms with Crippen LogP contribution in [0.2, 0.25) is 0 Å². The van der Waals surface area contributed by atoms with Crippen molar-refractivity contribution in [2.45, 2.75) is 143 Å². The lowest BCUT2D eigenvalue weighted by Gasteiger charge is -2.62. The van der Waals surface area contributed by atoms with Gasteiger partial charge in [-0.25, -0.2) is 0 Å². The van der Waals surface area contributed by atoms with Gasteiger partial charge in [-0.2, -0.15) is 0 Å². The van der Waals surface area contributed by atoms with Crippen LogP contribution in [0.1, 0.15) is 127 Å². The number of hydrogen-bond donors (Lipinski definition) is 1. The number of aliphatic hydroxyl groups is 1. The lowest BCUT2D eigenvalue weighted by molar-refractivity contribution is -0.167. The summed E-state index contributed by atoms with van der Waals surface area (Å²) in [5.41, 5.74) is 3.85. The molecule has 206 valence electrons. The molecule has 2 saturated carbocycles. The Balaban J connectivity index is 1.59. The second-order valence-corrected chi connectivity index (χ2v) is 16.1. The average molecular weight is 566 g/mol. The summed E-state index contributed by atoms with van der Waals surface area (Å²) in [5, 5.41) is 10.4. The second kappa shape index (κ2) is 9.39.